The Kier molecular flexibility index (Phi) is 6.42. The van der Waals surface area contributed by atoms with Gasteiger partial charge in [-0.05, 0) is 37.7 Å². The Hall–Kier alpha value is -0.980. The van der Waals surface area contributed by atoms with E-state index in [1.807, 2.05) is 0 Å². The topological polar surface area (TPSA) is 12.0 Å². The summed E-state index contributed by atoms with van der Waals surface area (Å²) in [6.07, 6.45) is 20.9. The maximum absolute atomic E-state index is 3.44. The minimum absolute atomic E-state index is 0.758. The molecule has 0 saturated heterocycles. The smallest absolute Gasteiger partial charge is 0.0335 e. The van der Waals surface area contributed by atoms with Gasteiger partial charge < -0.3 is 5.32 Å². The highest BCUT2D eigenvalue weighted by Crippen LogP contribution is 2.32. The van der Waals surface area contributed by atoms with E-state index in [0.717, 1.165) is 12.3 Å². The zero-order valence-electron chi connectivity index (χ0n) is 13.4. The van der Waals surface area contributed by atoms with Crippen LogP contribution in [0.5, 0.6) is 0 Å². The first-order valence-electron chi connectivity index (χ1n) is 8.57. The zero-order valence-corrected chi connectivity index (χ0v) is 13.4. The Morgan fingerprint density at radius 2 is 1.50 bits per heavy atom. The van der Waals surface area contributed by atoms with Crippen LogP contribution < -0.4 is 5.32 Å². The summed E-state index contributed by atoms with van der Waals surface area (Å²) in [5.41, 5.74) is 4.40. The van der Waals surface area contributed by atoms with Crippen molar-refractivity contribution in [2.24, 2.45) is 5.92 Å². The monoisotopic (exact) mass is 273 g/mol. The fourth-order valence-electron chi connectivity index (χ4n) is 3.49. The molecule has 20 heavy (non-hydrogen) atoms. The second-order valence-electron chi connectivity index (χ2n) is 6.46. The molecule has 2 aliphatic carbocycles. The molecule has 1 saturated carbocycles. The molecule has 1 fully saturated rings. The third kappa shape index (κ3) is 4.54. The van der Waals surface area contributed by atoms with Crippen molar-refractivity contribution >= 4 is 0 Å². The lowest BCUT2D eigenvalue weighted by Gasteiger charge is -2.23. The summed E-state index contributed by atoms with van der Waals surface area (Å²) in [5.74, 6) is 0.758. The van der Waals surface area contributed by atoms with E-state index in [4.69, 9.17) is 0 Å². The Morgan fingerprint density at radius 3 is 2.10 bits per heavy atom. The maximum atomic E-state index is 3.44. The van der Waals surface area contributed by atoms with Crippen LogP contribution in [0.4, 0.5) is 0 Å². The third-order valence-electron chi connectivity index (χ3n) is 4.80. The standard InChI is InChI=1S/C19H31N/c1-16-12-14-18(19(20-2)15-13-16)17-10-8-6-4-3-5-7-9-11-17/h12,14-15,17,20H,3-11,13H2,1-2H3. The average molecular weight is 273 g/mol. The molecule has 0 heterocycles. The van der Waals surface area contributed by atoms with Crippen LogP contribution in [-0.4, -0.2) is 7.05 Å². The van der Waals surface area contributed by atoms with Gasteiger partial charge in [-0.2, -0.15) is 0 Å². The molecule has 0 aromatic heterocycles. The summed E-state index contributed by atoms with van der Waals surface area (Å²) in [6, 6.07) is 0. The molecule has 0 spiro atoms. The van der Waals surface area contributed by atoms with E-state index < -0.39 is 0 Å². The average Bonchev–Trinajstić information content (AvgIpc) is 2.66. The maximum Gasteiger partial charge on any atom is 0.0335 e. The minimum Gasteiger partial charge on any atom is -0.388 e. The molecule has 1 N–H and O–H groups in total. The van der Waals surface area contributed by atoms with Crippen LogP contribution in [0.3, 0.4) is 0 Å². The summed E-state index contributed by atoms with van der Waals surface area (Å²) in [6.45, 7) is 2.23. The van der Waals surface area contributed by atoms with Crippen LogP contribution in [0.25, 0.3) is 0 Å². The fraction of sp³-hybridized carbons (Fsp3) is 0.684. The molecule has 1 heteroatoms. The molecule has 0 unspecified atom stereocenters. The Bertz CT molecular complexity index is 377. The summed E-state index contributed by atoms with van der Waals surface area (Å²) in [5, 5.41) is 3.44. The molecule has 0 radical (unpaired) electrons. The van der Waals surface area contributed by atoms with Crippen molar-refractivity contribution in [3.63, 3.8) is 0 Å². The summed E-state index contributed by atoms with van der Waals surface area (Å²) in [7, 11) is 2.07. The summed E-state index contributed by atoms with van der Waals surface area (Å²) >= 11 is 0. The number of hydrogen-bond acceptors (Lipinski definition) is 1. The van der Waals surface area contributed by atoms with E-state index in [1.165, 1.54) is 69.1 Å². The fourth-order valence-corrected chi connectivity index (χ4v) is 3.49. The molecule has 1 nitrogen and oxygen atoms in total. The molecule has 0 atom stereocenters. The van der Waals surface area contributed by atoms with Gasteiger partial charge in [-0.25, -0.2) is 0 Å². The van der Waals surface area contributed by atoms with E-state index in [9.17, 15) is 0 Å². The van der Waals surface area contributed by atoms with Gasteiger partial charge in [0.05, 0.1) is 0 Å². The van der Waals surface area contributed by atoms with Crippen molar-refractivity contribution in [3.8, 4) is 0 Å². The summed E-state index contributed by atoms with van der Waals surface area (Å²) in [4.78, 5) is 0. The highest BCUT2D eigenvalue weighted by Gasteiger charge is 2.18. The molecule has 0 amide bonds. The van der Waals surface area contributed by atoms with E-state index in [2.05, 4.69) is 37.5 Å². The molecule has 0 aromatic rings. The predicted molar refractivity (Wildman–Crippen MR) is 88.6 cm³/mol. The Morgan fingerprint density at radius 1 is 0.900 bits per heavy atom. The number of nitrogens with one attached hydrogen (secondary N) is 1. The quantitative estimate of drug-likeness (QED) is 0.700. The molecule has 0 aromatic carbocycles. The van der Waals surface area contributed by atoms with Gasteiger partial charge in [0.1, 0.15) is 0 Å². The lowest BCUT2D eigenvalue weighted by Crippen LogP contribution is -2.16. The van der Waals surface area contributed by atoms with E-state index in [0.29, 0.717) is 0 Å². The lowest BCUT2D eigenvalue weighted by atomic mass is 9.85. The van der Waals surface area contributed by atoms with Crippen molar-refractivity contribution in [1.29, 1.82) is 0 Å². The molecule has 0 bridgehead atoms. The van der Waals surface area contributed by atoms with Crippen molar-refractivity contribution in [2.45, 2.75) is 71.1 Å². The highest BCUT2D eigenvalue weighted by molar-refractivity contribution is 5.38. The van der Waals surface area contributed by atoms with Crippen molar-refractivity contribution < 1.29 is 0 Å². The van der Waals surface area contributed by atoms with E-state index in [-0.39, 0.29) is 0 Å². The normalized spacial score (nSPS) is 23.2. The number of rotatable bonds is 2. The Balaban J connectivity index is 2.11. The molecule has 2 rings (SSSR count). The second-order valence-corrected chi connectivity index (χ2v) is 6.46. The van der Waals surface area contributed by atoms with Gasteiger partial charge in [0, 0.05) is 12.7 Å². The highest BCUT2D eigenvalue weighted by atomic mass is 14.8. The lowest BCUT2D eigenvalue weighted by molar-refractivity contribution is 0.430. The van der Waals surface area contributed by atoms with Crippen LogP contribution >= 0.6 is 0 Å². The van der Waals surface area contributed by atoms with Gasteiger partial charge >= 0.3 is 0 Å². The van der Waals surface area contributed by atoms with Gasteiger partial charge in [0.25, 0.3) is 0 Å². The SMILES string of the molecule is CNC1=CCC(C)=CC=C1C1CCCCCCCCC1. The first kappa shape index (κ1) is 15.4. The first-order chi connectivity index (χ1) is 9.81. The van der Waals surface area contributed by atoms with Gasteiger partial charge in [-0.15, -0.1) is 0 Å². The van der Waals surface area contributed by atoms with Gasteiger partial charge in [0.2, 0.25) is 0 Å². The van der Waals surface area contributed by atoms with Crippen molar-refractivity contribution in [3.05, 3.63) is 35.1 Å². The zero-order chi connectivity index (χ0) is 14.2. The number of allylic oxidation sites excluding steroid dienone is 5. The first-order valence-corrected chi connectivity index (χ1v) is 8.57. The van der Waals surface area contributed by atoms with Gasteiger partial charge in [-0.3, -0.25) is 0 Å². The minimum atomic E-state index is 0.758. The Labute approximate surface area is 125 Å². The van der Waals surface area contributed by atoms with E-state index in [1.54, 1.807) is 5.57 Å². The van der Waals surface area contributed by atoms with Crippen LogP contribution in [0.2, 0.25) is 0 Å². The molecule has 2 aliphatic rings. The molecular weight excluding hydrogens is 242 g/mol. The third-order valence-corrected chi connectivity index (χ3v) is 4.80. The largest absolute Gasteiger partial charge is 0.388 e. The van der Waals surface area contributed by atoms with Crippen molar-refractivity contribution in [1.82, 2.24) is 5.32 Å². The summed E-state index contributed by atoms with van der Waals surface area (Å²) < 4.78 is 0. The molecule has 112 valence electrons. The van der Waals surface area contributed by atoms with Gasteiger partial charge in [0.15, 0.2) is 0 Å². The van der Waals surface area contributed by atoms with Crippen LogP contribution in [0, 0.1) is 5.92 Å². The number of hydrogen-bond donors (Lipinski definition) is 1. The van der Waals surface area contributed by atoms with Crippen LogP contribution in [-0.2, 0) is 0 Å². The van der Waals surface area contributed by atoms with Crippen molar-refractivity contribution in [2.75, 3.05) is 7.05 Å². The molecular formula is C19H31N. The van der Waals surface area contributed by atoms with Crippen LogP contribution in [0.1, 0.15) is 71.1 Å². The second kappa shape index (κ2) is 8.34. The van der Waals surface area contributed by atoms with E-state index >= 15 is 0 Å². The number of likely N-dealkylation sites (N-methyl/N-ethyl adjacent to an activating group) is 1. The van der Waals surface area contributed by atoms with Gasteiger partial charge in [-0.1, -0.05) is 68.7 Å². The predicted octanol–water partition coefficient (Wildman–Crippen LogP) is 5.51. The molecule has 0 aliphatic heterocycles. The van der Waals surface area contributed by atoms with Crippen LogP contribution in [0.15, 0.2) is 35.1 Å².